The van der Waals surface area contributed by atoms with Gasteiger partial charge in [-0.25, -0.2) is 8.42 Å². The van der Waals surface area contributed by atoms with Gasteiger partial charge in [-0.1, -0.05) is 58.4 Å². The van der Waals surface area contributed by atoms with Crippen LogP contribution in [0.5, 0.6) is 0 Å². The van der Waals surface area contributed by atoms with Gasteiger partial charge in [-0.15, -0.1) is 0 Å². The van der Waals surface area contributed by atoms with Gasteiger partial charge >= 0.3 is 0 Å². The molecule has 1 N–H and O–H groups in total. The quantitative estimate of drug-likeness (QED) is 0.462. The van der Waals surface area contributed by atoms with E-state index in [9.17, 15) is 18.0 Å². The standard InChI is InChI=1S/C23H21BrN2O4S/c1-17(27)19-6-5-7-21(14-19)25-23(28)16-26(15-18-10-12-20(24)13-11-18)31(29,30)22-8-3-2-4-9-22/h2-14H,15-16H2,1H3,(H,25,28). The Balaban J connectivity index is 1.85. The first kappa shape index (κ1) is 22.9. The Hall–Kier alpha value is -2.81. The van der Waals surface area contributed by atoms with E-state index in [1.165, 1.54) is 19.1 Å². The average Bonchev–Trinajstić information content (AvgIpc) is 2.75. The van der Waals surface area contributed by atoms with Crippen LogP contribution in [0.2, 0.25) is 0 Å². The van der Waals surface area contributed by atoms with Gasteiger partial charge < -0.3 is 5.32 Å². The molecule has 160 valence electrons. The third kappa shape index (κ3) is 6.10. The lowest BCUT2D eigenvalue weighted by atomic mass is 10.1. The molecule has 0 saturated heterocycles. The highest BCUT2D eigenvalue weighted by Gasteiger charge is 2.27. The molecule has 0 aliphatic carbocycles. The summed E-state index contributed by atoms with van der Waals surface area (Å²) in [6.45, 7) is 1.09. The molecular formula is C23H21BrN2O4S. The average molecular weight is 501 g/mol. The third-order valence-electron chi connectivity index (χ3n) is 4.53. The molecule has 8 heteroatoms. The molecule has 0 aromatic heterocycles. The molecule has 31 heavy (non-hydrogen) atoms. The van der Waals surface area contributed by atoms with Crippen LogP contribution in [0.25, 0.3) is 0 Å². The number of nitrogens with one attached hydrogen (secondary N) is 1. The van der Waals surface area contributed by atoms with E-state index in [2.05, 4.69) is 21.2 Å². The number of rotatable bonds is 8. The highest BCUT2D eigenvalue weighted by molar-refractivity contribution is 9.10. The Bertz CT molecular complexity index is 1180. The van der Waals surface area contributed by atoms with Gasteiger partial charge in [0, 0.05) is 22.3 Å². The lowest BCUT2D eigenvalue weighted by Crippen LogP contribution is -2.37. The van der Waals surface area contributed by atoms with Crippen molar-refractivity contribution in [3.63, 3.8) is 0 Å². The van der Waals surface area contributed by atoms with Gasteiger partial charge in [-0.3, -0.25) is 9.59 Å². The Morgan fingerprint density at radius 3 is 2.26 bits per heavy atom. The van der Waals surface area contributed by atoms with Crippen molar-refractivity contribution in [1.29, 1.82) is 0 Å². The third-order valence-corrected chi connectivity index (χ3v) is 6.86. The molecule has 0 heterocycles. The number of Topliss-reactive ketones (excluding diaryl/α,β-unsaturated/α-hetero) is 1. The van der Waals surface area contributed by atoms with Gasteiger partial charge in [0.2, 0.25) is 15.9 Å². The van der Waals surface area contributed by atoms with Crippen molar-refractivity contribution < 1.29 is 18.0 Å². The number of benzene rings is 3. The minimum absolute atomic E-state index is 0.0331. The first-order valence-electron chi connectivity index (χ1n) is 9.46. The molecule has 0 bridgehead atoms. The Labute approximate surface area is 190 Å². The molecule has 0 radical (unpaired) electrons. The first-order valence-corrected chi connectivity index (χ1v) is 11.7. The summed E-state index contributed by atoms with van der Waals surface area (Å²) in [5.41, 5.74) is 1.63. The highest BCUT2D eigenvalue weighted by atomic mass is 79.9. The van der Waals surface area contributed by atoms with Crippen LogP contribution in [0.15, 0.2) is 88.2 Å². The van der Waals surface area contributed by atoms with Crippen LogP contribution in [-0.4, -0.2) is 31.0 Å². The van der Waals surface area contributed by atoms with E-state index in [-0.39, 0.29) is 23.8 Å². The number of hydrogen-bond donors (Lipinski definition) is 1. The molecule has 0 unspecified atom stereocenters. The number of carbonyl (C=O) groups excluding carboxylic acids is 2. The largest absolute Gasteiger partial charge is 0.325 e. The van der Waals surface area contributed by atoms with Crippen molar-refractivity contribution in [2.75, 3.05) is 11.9 Å². The SMILES string of the molecule is CC(=O)c1cccc(NC(=O)CN(Cc2ccc(Br)cc2)S(=O)(=O)c2ccccc2)c1. The number of sulfonamides is 1. The maximum absolute atomic E-state index is 13.2. The zero-order chi connectivity index (χ0) is 22.4. The first-order chi connectivity index (χ1) is 14.8. The predicted octanol–water partition coefficient (Wildman–Crippen LogP) is 4.48. The molecule has 6 nitrogen and oxygen atoms in total. The molecule has 0 fully saturated rings. The minimum atomic E-state index is -3.91. The van der Waals surface area contributed by atoms with Crippen LogP contribution in [0.1, 0.15) is 22.8 Å². The molecular weight excluding hydrogens is 480 g/mol. The number of halogens is 1. The number of anilines is 1. The Morgan fingerprint density at radius 1 is 0.935 bits per heavy atom. The summed E-state index contributed by atoms with van der Waals surface area (Å²) < 4.78 is 28.5. The second kappa shape index (κ2) is 10.00. The fourth-order valence-electron chi connectivity index (χ4n) is 2.94. The zero-order valence-electron chi connectivity index (χ0n) is 16.8. The lowest BCUT2D eigenvalue weighted by molar-refractivity contribution is -0.116. The second-order valence-corrected chi connectivity index (χ2v) is 9.75. The van der Waals surface area contributed by atoms with Crippen LogP contribution in [-0.2, 0) is 21.4 Å². The van der Waals surface area contributed by atoms with Crippen LogP contribution in [0, 0.1) is 0 Å². The smallest absolute Gasteiger partial charge is 0.243 e. The summed E-state index contributed by atoms with van der Waals surface area (Å²) in [7, 11) is -3.91. The van der Waals surface area contributed by atoms with Gasteiger partial charge in [0.15, 0.2) is 5.78 Å². The molecule has 0 aliphatic rings. The Kier molecular flexibility index (Phi) is 7.37. The van der Waals surface area contributed by atoms with Crippen molar-refractivity contribution in [1.82, 2.24) is 4.31 Å². The normalized spacial score (nSPS) is 11.3. The summed E-state index contributed by atoms with van der Waals surface area (Å²) in [6.07, 6.45) is 0. The Morgan fingerprint density at radius 2 is 1.61 bits per heavy atom. The van der Waals surface area contributed by atoms with Crippen molar-refractivity contribution >= 4 is 43.3 Å². The van der Waals surface area contributed by atoms with E-state index in [0.29, 0.717) is 11.3 Å². The van der Waals surface area contributed by atoms with Crippen molar-refractivity contribution in [2.24, 2.45) is 0 Å². The maximum Gasteiger partial charge on any atom is 0.243 e. The van der Waals surface area contributed by atoms with Crippen molar-refractivity contribution in [2.45, 2.75) is 18.4 Å². The summed E-state index contributed by atoms with van der Waals surface area (Å²) >= 11 is 3.36. The molecule has 3 rings (SSSR count). The van der Waals surface area contributed by atoms with Crippen molar-refractivity contribution in [3.05, 3.63) is 94.5 Å². The van der Waals surface area contributed by atoms with Gasteiger partial charge in [0.05, 0.1) is 11.4 Å². The van der Waals surface area contributed by atoms with Gasteiger partial charge in [-0.2, -0.15) is 4.31 Å². The van der Waals surface area contributed by atoms with E-state index >= 15 is 0 Å². The van der Waals surface area contributed by atoms with E-state index in [4.69, 9.17) is 0 Å². The zero-order valence-corrected chi connectivity index (χ0v) is 19.2. The number of hydrogen-bond acceptors (Lipinski definition) is 4. The van der Waals surface area contributed by atoms with Gasteiger partial charge in [0.1, 0.15) is 0 Å². The predicted molar refractivity (Wildman–Crippen MR) is 123 cm³/mol. The molecule has 0 atom stereocenters. The fraction of sp³-hybridized carbons (Fsp3) is 0.130. The van der Waals surface area contributed by atoms with E-state index in [1.54, 1.807) is 54.6 Å². The topological polar surface area (TPSA) is 83.6 Å². The van der Waals surface area contributed by atoms with Crippen LogP contribution < -0.4 is 5.32 Å². The molecule has 0 saturated carbocycles. The number of ketones is 1. The van der Waals surface area contributed by atoms with Gasteiger partial charge in [-0.05, 0) is 48.9 Å². The second-order valence-electron chi connectivity index (χ2n) is 6.90. The summed E-state index contributed by atoms with van der Waals surface area (Å²) in [4.78, 5) is 24.4. The summed E-state index contributed by atoms with van der Waals surface area (Å²) in [6, 6.07) is 21.7. The van der Waals surface area contributed by atoms with Crippen LogP contribution in [0.4, 0.5) is 5.69 Å². The number of nitrogens with zero attached hydrogens (tertiary/aromatic N) is 1. The fourth-order valence-corrected chi connectivity index (χ4v) is 4.61. The van der Waals surface area contributed by atoms with Crippen LogP contribution in [0.3, 0.4) is 0 Å². The summed E-state index contributed by atoms with van der Waals surface area (Å²) in [5.74, 6) is -0.628. The molecule has 3 aromatic carbocycles. The van der Waals surface area contributed by atoms with Gasteiger partial charge in [0.25, 0.3) is 0 Å². The highest BCUT2D eigenvalue weighted by Crippen LogP contribution is 2.20. The molecule has 1 amide bonds. The maximum atomic E-state index is 13.2. The molecule has 0 aliphatic heterocycles. The lowest BCUT2D eigenvalue weighted by Gasteiger charge is -2.22. The van der Waals surface area contributed by atoms with E-state index in [1.807, 2.05) is 12.1 Å². The summed E-state index contributed by atoms with van der Waals surface area (Å²) in [5, 5.41) is 2.68. The number of carbonyl (C=O) groups is 2. The van der Waals surface area contributed by atoms with E-state index in [0.717, 1.165) is 14.3 Å². The van der Waals surface area contributed by atoms with Crippen LogP contribution >= 0.6 is 15.9 Å². The monoisotopic (exact) mass is 500 g/mol. The molecule has 3 aromatic rings. The molecule has 0 spiro atoms. The minimum Gasteiger partial charge on any atom is -0.325 e. The van der Waals surface area contributed by atoms with E-state index < -0.39 is 15.9 Å². The van der Waals surface area contributed by atoms with Crippen molar-refractivity contribution in [3.8, 4) is 0 Å². The number of amides is 1.